The number of aliphatic hydroxyl groups excluding tert-OH is 1. The maximum absolute atomic E-state index is 9.38. The van der Waals surface area contributed by atoms with Gasteiger partial charge in [0.15, 0.2) is 0 Å². The molecular weight excluding hydrogens is 214 g/mol. The first kappa shape index (κ1) is 10.5. The van der Waals surface area contributed by atoms with Gasteiger partial charge in [0, 0.05) is 11.3 Å². The molecule has 0 radical (unpaired) electrons. The summed E-state index contributed by atoms with van der Waals surface area (Å²) >= 11 is 3.74. The van der Waals surface area contributed by atoms with Crippen molar-refractivity contribution in [1.82, 2.24) is 4.98 Å². The normalized spacial score (nSPS) is 21.0. The van der Waals surface area contributed by atoms with Crippen molar-refractivity contribution in [3.63, 3.8) is 0 Å². The summed E-state index contributed by atoms with van der Waals surface area (Å²) < 4.78 is 0. The van der Waals surface area contributed by atoms with Crippen molar-refractivity contribution < 1.29 is 5.11 Å². The van der Waals surface area contributed by atoms with E-state index in [1.165, 1.54) is 29.4 Å². The van der Waals surface area contributed by atoms with Crippen molar-refractivity contribution in [3.8, 4) is 0 Å². The molecule has 0 bridgehead atoms. The van der Waals surface area contributed by atoms with Crippen LogP contribution in [0.15, 0.2) is 5.38 Å². The van der Waals surface area contributed by atoms with E-state index in [-0.39, 0.29) is 0 Å². The molecule has 0 spiro atoms. The Balaban J connectivity index is 2.07. The van der Waals surface area contributed by atoms with Gasteiger partial charge in [-0.3, -0.25) is 0 Å². The zero-order valence-electron chi connectivity index (χ0n) is 8.27. The quantitative estimate of drug-likeness (QED) is 0.846. The van der Waals surface area contributed by atoms with Crippen LogP contribution in [0.5, 0.6) is 0 Å². The van der Waals surface area contributed by atoms with Crippen LogP contribution in [0.25, 0.3) is 0 Å². The molecule has 0 amide bonds. The average Bonchev–Trinajstić information content (AvgIpc) is 2.68. The topological polar surface area (TPSA) is 33.1 Å². The van der Waals surface area contributed by atoms with Crippen LogP contribution in [-0.2, 0) is 0 Å². The van der Waals surface area contributed by atoms with Crippen LogP contribution in [0.3, 0.4) is 0 Å². The molecule has 0 aliphatic carbocycles. The second kappa shape index (κ2) is 4.64. The van der Waals surface area contributed by atoms with Gasteiger partial charge in [0.05, 0.1) is 16.8 Å². The van der Waals surface area contributed by atoms with E-state index in [1.807, 2.05) is 17.1 Å². The molecular formula is C10H15NOS2. The van der Waals surface area contributed by atoms with E-state index < -0.39 is 6.10 Å². The van der Waals surface area contributed by atoms with Crippen LogP contribution >= 0.6 is 23.1 Å². The minimum Gasteiger partial charge on any atom is -0.387 e. The number of rotatable bonds is 2. The van der Waals surface area contributed by atoms with E-state index in [2.05, 4.69) is 4.98 Å². The van der Waals surface area contributed by atoms with Crippen molar-refractivity contribution in [1.29, 1.82) is 0 Å². The highest BCUT2D eigenvalue weighted by atomic mass is 32.2. The fraction of sp³-hybridized carbons (Fsp3) is 0.700. The molecule has 1 atom stereocenters. The number of thioether (sulfide) groups is 1. The van der Waals surface area contributed by atoms with Crippen molar-refractivity contribution in [2.45, 2.75) is 31.8 Å². The maximum Gasteiger partial charge on any atom is 0.0961 e. The highest BCUT2D eigenvalue weighted by Crippen LogP contribution is 2.33. The first-order chi connectivity index (χ1) is 6.77. The van der Waals surface area contributed by atoms with Gasteiger partial charge in [-0.15, -0.1) is 11.3 Å². The first-order valence-corrected chi connectivity index (χ1v) is 7.02. The van der Waals surface area contributed by atoms with E-state index in [0.717, 1.165) is 5.69 Å². The van der Waals surface area contributed by atoms with E-state index in [1.54, 1.807) is 18.3 Å². The SMILES string of the molecule is CC(O)c1csc(C2CCSCC2)n1. The first-order valence-electron chi connectivity index (χ1n) is 4.98. The molecule has 2 heterocycles. The van der Waals surface area contributed by atoms with Crippen molar-refractivity contribution in [3.05, 3.63) is 16.1 Å². The highest BCUT2D eigenvalue weighted by Gasteiger charge is 2.19. The largest absolute Gasteiger partial charge is 0.387 e. The minimum atomic E-state index is -0.419. The molecule has 4 heteroatoms. The van der Waals surface area contributed by atoms with E-state index in [0.29, 0.717) is 5.92 Å². The summed E-state index contributed by atoms with van der Waals surface area (Å²) in [6.07, 6.45) is 2.08. The lowest BCUT2D eigenvalue weighted by Gasteiger charge is -2.18. The second-order valence-electron chi connectivity index (χ2n) is 3.67. The third-order valence-electron chi connectivity index (χ3n) is 2.54. The average molecular weight is 229 g/mol. The molecule has 0 aromatic carbocycles. The third kappa shape index (κ3) is 2.30. The summed E-state index contributed by atoms with van der Waals surface area (Å²) in [6, 6.07) is 0. The highest BCUT2D eigenvalue weighted by molar-refractivity contribution is 7.99. The Hall–Kier alpha value is -0.0600. The Kier molecular flexibility index (Phi) is 3.47. The van der Waals surface area contributed by atoms with E-state index in [4.69, 9.17) is 0 Å². The standard InChI is InChI=1S/C10H15NOS2/c1-7(12)9-6-14-10(11-9)8-2-4-13-5-3-8/h6-8,12H,2-5H2,1H3. The lowest BCUT2D eigenvalue weighted by atomic mass is 10.0. The molecule has 1 aromatic heterocycles. The molecule has 1 unspecified atom stereocenters. The van der Waals surface area contributed by atoms with Gasteiger partial charge in [0.25, 0.3) is 0 Å². The van der Waals surface area contributed by atoms with Gasteiger partial charge in [-0.25, -0.2) is 4.98 Å². The van der Waals surface area contributed by atoms with E-state index >= 15 is 0 Å². The number of aromatic nitrogens is 1. The second-order valence-corrected chi connectivity index (χ2v) is 5.79. The summed E-state index contributed by atoms with van der Waals surface area (Å²) in [5.41, 5.74) is 0.836. The zero-order valence-corrected chi connectivity index (χ0v) is 9.90. The fourth-order valence-corrected chi connectivity index (χ4v) is 3.81. The molecule has 1 N–H and O–H groups in total. The summed E-state index contributed by atoms with van der Waals surface area (Å²) in [5.74, 6) is 3.16. The Bertz CT molecular complexity index is 292. The van der Waals surface area contributed by atoms with Gasteiger partial charge < -0.3 is 5.11 Å². The molecule has 2 rings (SSSR count). The van der Waals surface area contributed by atoms with Crippen LogP contribution in [0.4, 0.5) is 0 Å². The minimum absolute atomic E-state index is 0.419. The fourth-order valence-electron chi connectivity index (χ4n) is 1.62. The smallest absolute Gasteiger partial charge is 0.0961 e. The molecule has 1 aliphatic heterocycles. The van der Waals surface area contributed by atoms with Crippen molar-refractivity contribution in [2.75, 3.05) is 11.5 Å². The van der Waals surface area contributed by atoms with Crippen LogP contribution in [0, 0.1) is 0 Å². The predicted octanol–water partition coefficient (Wildman–Crippen LogP) is 2.81. The Morgan fingerprint density at radius 3 is 2.79 bits per heavy atom. The Morgan fingerprint density at radius 2 is 2.21 bits per heavy atom. The molecule has 1 fully saturated rings. The summed E-state index contributed by atoms with van der Waals surface area (Å²) in [4.78, 5) is 4.49. The maximum atomic E-state index is 9.38. The monoisotopic (exact) mass is 229 g/mol. The van der Waals surface area contributed by atoms with Gasteiger partial charge >= 0.3 is 0 Å². The van der Waals surface area contributed by atoms with E-state index in [9.17, 15) is 5.11 Å². The lowest BCUT2D eigenvalue weighted by molar-refractivity contribution is 0.195. The molecule has 14 heavy (non-hydrogen) atoms. The number of hydrogen-bond acceptors (Lipinski definition) is 4. The molecule has 2 nitrogen and oxygen atoms in total. The predicted molar refractivity (Wildman–Crippen MR) is 62.0 cm³/mol. The Labute approximate surface area is 92.8 Å². The zero-order chi connectivity index (χ0) is 9.97. The van der Waals surface area contributed by atoms with Gasteiger partial charge in [0.1, 0.15) is 0 Å². The van der Waals surface area contributed by atoms with Gasteiger partial charge in [-0.05, 0) is 31.3 Å². The molecule has 1 saturated heterocycles. The molecule has 1 aliphatic rings. The number of aliphatic hydroxyl groups is 1. The van der Waals surface area contributed by atoms with Gasteiger partial charge in [-0.1, -0.05) is 0 Å². The van der Waals surface area contributed by atoms with Gasteiger partial charge in [-0.2, -0.15) is 11.8 Å². The van der Waals surface area contributed by atoms with Crippen LogP contribution in [-0.4, -0.2) is 21.6 Å². The van der Waals surface area contributed by atoms with Crippen molar-refractivity contribution >= 4 is 23.1 Å². The summed E-state index contributed by atoms with van der Waals surface area (Å²) in [6.45, 7) is 1.77. The van der Waals surface area contributed by atoms with Crippen LogP contribution < -0.4 is 0 Å². The van der Waals surface area contributed by atoms with Crippen molar-refractivity contribution in [2.24, 2.45) is 0 Å². The molecule has 0 saturated carbocycles. The van der Waals surface area contributed by atoms with Gasteiger partial charge in [0.2, 0.25) is 0 Å². The number of nitrogens with zero attached hydrogens (tertiary/aromatic N) is 1. The molecule has 1 aromatic rings. The Morgan fingerprint density at radius 1 is 1.50 bits per heavy atom. The number of thiazole rings is 1. The lowest BCUT2D eigenvalue weighted by Crippen LogP contribution is -2.07. The summed E-state index contributed by atoms with van der Waals surface area (Å²) in [5, 5.41) is 12.6. The summed E-state index contributed by atoms with van der Waals surface area (Å²) in [7, 11) is 0. The number of hydrogen-bond donors (Lipinski definition) is 1. The third-order valence-corrected chi connectivity index (χ3v) is 4.61. The van der Waals surface area contributed by atoms with Crippen LogP contribution in [0.2, 0.25) is 0 Å². The molecule has 78 valence electrons. The van der Waals surface area contributed by atoms with Crippen LogP contribution in [0.1, 0.15) is 42.5 Å².